The molecule has 2 nitrogen and oxygen atoms in total. The number of rotatable bonds is 6. The summed E-state index contributed by atoms with van der Waals surface area (Å²) < 4.78 is 5.89. The third kappa shape index (κ3) is 4.08. The maximum atomic E-state index is 11.9. The van der Waals surface area contributed by atoms with Gasteiger partial charge in [0.25, 0.3) is 0 Å². The average molecular weight is 483 g/mol. The van der Waals surface area contributed by atoms with Crippen molar-refractivity contribution in [3.63, 3.8) is 0 Å². The minimum Gasteiger partial charge on any atom is -0.462 e. The van der Waals surface area contributed by atoms with E-state index in [4.69, 9.17) is 4.74 Å². The summed E-state index contributed by atoms with van der Waals surface area (Å²) in [4.78, 5) is 11.9. The van der Waals surface area contributed by atoms with E-state index in [1.54, 1.807) is 6.92 Å². The topological polar surface area (TPSA) is 26.3 Å². The van der Waals surface area contributed by atoms with Gasteiger partial charge in [-0.2, -0.15) is 0 Å². The van der Waals surface area contributed by atoms with E-state index in [9.17, 15) is 4.79 Å². The number of hydrogen-bond acceptors (Lipinski definition) is 2. The normalized spacial score (nSPS) is 44.2. The minimum atomic E-state index is -0.116. The second-order valence-electron chi connectivity index (χ2n) is 14.7. The SMILES string of the molecule is C=C(CCC(=C)C1CCC2(C)C1CCC1C3(C)CCC(OC(C)=O)C(C)(C)C3CCC12C)C(C)C. The van der Waals surface area contributed by atoms with Crippen LogP contribution in [0.15, 0.2) is 24.3 Å². The lowest BCUT2D eigenvalue weighted by atomic mass is 9.35. The van der Waals surface area contributed by atoms with E-state index in [1.165, 1.54) is 56.1 Å². The summed E-state index contributed by atoms with van der Waals surface area (Å²) in [5.41, 5.74) is 4.06. The standard InChI is InChI=1S/C33H54O2/c1-21(2)22(3)11-12-23(4)25-15-19-32(9)26(25)13-14-28-31(8)18-17-29(35-24(5)34)30(6,7)27(31)16-20-33(28,32)10/h21,25-29H,3-4,11-20H2,1-2,5-10H3. The molecule has 0 spiro atoms. The molecular formula is C33H54O2. The van der Waals surface area contributed by atoms with Crippen LogP contribution in [-0.2, 0) is 9.53 Å². The van der Waals surface area contributed by atoms with Crippen LogP contribution in [-0.4, -0.2) is 12.1 Å². The molecule has 2 heteroatoms. The number of carbonyl (C=O) groups excluding carboxylic acids is 1. The number of hydrogen-bond donors (Lipinski definition) is 0. The molecule has 4 fully saturated rings. The molecule has 0 saturated heterocycles. The Hall–Kier alpha value is -1.05. The number of carbonyl (C=O) groups is 1. The highest BCUT2D eigenvalue weighted by molar-refractivity contribution is 5.66. The minimum absolute atomic E-state index is 0.0447. The molecular weight excluding hydrogens is 428 g/mol. The van der Waals surface area contributed by atoms with Crippen LogP contribution in [0.2, 0.25) is 0 Å². The second kappa shape index (κ2) is 9.05. The van der Waals surface area contributed by atoms with Gasteiger partial charge < -0.3 is 4.74 Å². The molecule has 35 heavy (non-hydrogen) atoms. The third-order valence-electron chi connectivity index (χ3n) is 12.8. The summed E-state index contributed by atoms with van der Waals surface area (Å²) in [6.45, 7) is 27.8. The molecule has 4 rings (SSSR count). The van der Waals surface area contributed by atoms with Crippen LogP contribution in [0.1, 0.15) is 120 Å². The van der Waals surface area contributed by atoms with Gasteiger partial charge in [0.1, 0.15) is 6.10 Å². The van der Waals surface area contributed by atoms with Crippen molar-refractivity contribution in [2.75, 3.05) is 0 Å². The Balaban J connectivity index is 1.56. The van der Waals surface area contributed by atoms with Crippen LogP contribution < -0.4 is 0 Å². The van der Waals surface area contributed by atoms with Crippen molar-refractivity contribution in [1.82, 2.24) is 0 Å². The predicted octanol–water partition coefficient (Wildman–Crippen LogP) is 9.15. The first-order chi connectivity index (χ1) is 16.2. The van der Waals surface area contributed by atoms with E-state index >= 15 is 0 Å². The lowest BCUT2D eigenvalue weighted by Crippen LogP contribution is -2.64. The zero-order chi connectivity index (χ0) is 26.0. The third-order valence-corrected chi connectivity index (χ3v) is 12.8. The molecule has 0 amide bonds. The van der Waals surface area contributed by atoms with E-state index < -0.39 is 0 Å². The summed E-state index contributed by atoms with van der Waals surface area (Å²) in [5.74, 6) is 3.32. The van der Waals surface area contributed by atoms with Gasteiger partial charge in [0.2, 0.25) is 0 Å². The van der Waals surface area contributed by atoms with Crippen molar-refractivity contribution >= 4 is 5.97 Å². The highest BCUT2D eigenvalue weighted by atomic mass is 16.5. The van der Waals surface area contributed by atoms with E-state index in [-0.39, 0.29) is 17.5 Å². The molecule has 0 aromatic carbocycles. The Kier molecular flexibility index (Phi) is 6.98. The first-order valence-corrected chi connectivity index (χ1v) is 14.7. The van der Waals surface area contributed by atoms with Crippen molar-refractivity contribution < 1.29 is 9.53 Å². The van der Waals surface area contributed by atoms with Crippen LogP contribution in [0.25, 0.3) is 0 Å². The van der Waals surface area contributed by atoms with E-state index in [2.05, 4.69) is 61.6 Å². The molecule has 4 aliphatic carbocycles. The van der Waals surface area contributed by atoms with Crippen molar-refractivity contribution in [2.45, 2.75) is 126 Å². The summed E-state index contributed by atoms with van der Waals surface area (Å²) in [6.07, 6.45) is 12.5. The Morgan fingerprint density at radius 1 is 0.857 bits per heavy atom. The quantitative estimate of drug-likeness (QED) is 0.279. The van der Waals surface area contributed by atoms with Gasteiger partial charge in [-0.1, -0.05) is 72.8 Å². The smallest absolute Gasteiger partial charge is 0.302 e. The summed E-state index contributed by atoms with van der Waals surface area (Å²) in [6, 6.07) is 0. The van der Waals surface area contributed by atoms with Crippen molar-refractivity contribution in [2.24, 2.45) is 51.2 Å². The van der Waals surface area contributed by atoms with Crippen LogP contribution >= 0.6 is 0 Å². The highest BCUT2D eigenvalue weighted by Crippen LogP contribution is 2.75. The zero-order valence-electron chi connectivity index (χ0n) is 24.3. The van der Waals surface area contributed by atoms with Gasteiger partial charge in [0.15, 0.2) is 0 Å². The molecule has 8 atom stereocenters. The molecule has 0 N–H and O–H groups in total. The summed E-state index contributed by atoms with van der Waals surface area (Å²) >= 11 is 0. The van der Waals surface area contributed by atoms with Crippen molar-refractivity contribution in [1.29, 1.82) is 0 Å². The number of esters is 1. The first-order valence-electron chi connectivity index (χ1n) is 14.7. The van der Waals surface area contributed by atoms with Crippen molar-refractivity contribution in [3.8, 4) is 0 Å². The number of ether oxygens (including phenoxy) is 1. The summed E-state index contributed by atoms with van der Waals surface area (Å²) in [7, 11) is 0. The average Bonchev–Trinajstić information content (AvgIpc) is 3.12. The first kappa shape index (κ1) is 27.0. The number of allylic oxidation sites excluding steroid dienone is 2. The van der Waals surface area contributed by atoms with Gasteiger partial charge in [-0.05, 0) is 110 Å². The Bertz CT molecular complexity index is 866. The Morgan fingerprint density at radius 3 is 2.14 bits per heavy atom. The molecule has 4 saturated carbocycles. The molecule has 0 heterocycles. The maximum absolute atomic E-state index is 11.9. The van der Waals surface area contributed by atoms with Gasteiger partial charge in [0, 0.05) is 12.3 Å². The second-order valence-corrected chi connectivity index (χ2v) is 14.7. The molecule has 198 valence electrons. The van der Waals surface area contributed by atoms with Crippen molar-refractivity contribution in [3.05, 3.63) is 24.3 Å². The monoisotopic (exact) mass is 482 g/mol. The fraction of sp³-hybridized carbons (Fsp3) is 0.848. The van der Waals surface area contributed by atoms with Crippen LogP contribution in [0.5, 0.6) is 0 Å². The molecule has 0 radical (unpaired) electrons. The maximum Gasteiger partial charge on any atom is 0.302 e. The van der Waals surface area contributed by atoms with E-state index in [0.717, 1.165) is 31.1 Å². The fourth-order valence-corrected chi connectivity index (χ4v) is 10.4. The van der Waals surface area contributed by atoms with Gasteiger partial charge in [-0.25, -0.2) is 0 Å². The van der Waals surface area contributed by atoms with E-state index in [0.29, 0.717) is 34.0 Å². The Morgan fingerprint density at radius 2 is 1.51 bits per heavy atom. The van der Waals surface area contributed by atoms with Crippen LogP contribution in [0.3, 0.4) is 0 Å². The summed E-state index contributed by atoms with van der Waals surface area (Å²) in [5, 5.41) is 0. The van der Waals surface area contributed by atoms with Gasteiger partial charge in [-0.3, -0.25) is 4.79 Å². The zero-order valence-corrected chi connectivity index (χ0v) is 24.3. The predicted molar refractivity (Wildman–Crippen MR) is 147 cm³/mol. The number of fused-ring (bicyclic) bond motifs is 5. The van der Waals surface area contributed by atoms with E-state index in [1.807, 2.05) is 0 Å². The largest absolute Gasteiger partial charge is 0.462 e. The lowest BCUT2D eigenvalue weighted by molar-refractivity contribution is -0.226. The lowest BCUT2D eigenvalue weighted by Gasteiger charge is -2.70. The molecule has 0 aromatic heterocycles. The fourth-order valence-electron chi connectivity index (χ4n) is 10.4. The molecule has 8 unspecified atom stereocenters. The molecule has 0 aromatic rings. The molecule has 0 aliphatic heterocycles. The van der Waals surface area contributed by atoms with Gasteiger partial charge in [-0.15, -0.1) is 0 Å². The molecule has 4 aliphatic rings. The van der Waals surface area contributed by atoms with Crippen LogP contribution in [0, 0.1) is 51.2 Å². The highest BCUT2D eigenvalue weighted by Gasteiger charge is 2.68. The Labute approximate surface area is 216 Å². The van der Waals surface area contributed by atoms with Crippen LogP contribution in [0.4, 0.5) is 0 Å². The van der Waals surface area contributed by atoms with Gasteiger partial charge in [0.05, 0.1) is 0 Å². The van der Waals surface area contributed by atoms with Gasteiger partial charge >= 0.3 is 5.97 Å². The molecule has 0 bridgehead atoms.